The molecule has 1 aromatic rings. The van der Waals surface area contributed by atoms with Crippen molar-refractivity contribution in [3.05, 3.63) is 29.8 Å². The number of hydrogen-bond donors (Lipinski definition) is 2. The quantitative estimate of drug-likeness (QED) is 0.815. The van der Waals surface area contributed by atoms with Crippen molar-refractivity contribution in [2.75, 3.05) is 11.9 Å². The highest BCUT2D eigenvalue weighted by Crippen LogP contribution is 2.19. The Hall–Kier alpha value is -2.35. The van der Waals surface area contributed by atoms with Crippen LogP contribution in [0.3, 0.4) is 0 Å². The summed E-state index contributed by atoms with van der Waals surface area (Å²) in [5.41, 5.74) is -0.226. The molecule has 0 unspecified atom stereocenters. The predicted octanol–water partition coefficient (Wildman–Crippen LogP) is 2.30. The Balaban J connectivity index is 2.76. The van der Waals surface area contributed by atoms with Gasteiger partial charge in [0, 0.05) is 12.2 Å². The number of hydrogen-bond acceptors (Lipinski definition) is 3. The molecule has 0 aromatic heterocycles. The van der Waals surface area contributed by atoms with Gasteiger partial charge in [-0.3, -0.25) is 9.59 Å². The minimum atomic E-state index is -1.18. The van der Waals surface area contributed by atoms with Crippen molar-refractivity contribution in [3.8, 4) is 6.07 Å². The van der Waals surface area contributed by atoms with Gasteiger partial charge in [-0.1, -0.05) is 19.9 Å². The summed E-state index contributed by atoms with van der Waals surface area (Å²) in [7, 11) is 0. The number of carbonyl (C=O) groups excluding carboxylic acids is 2. The van der Waals surface area contributed by atoms with Gasteiger partial charge in [-0.05, 0) is 38.0 Å². The van der Waals surface area contributed by atoms with Crippen molar-refractivity contribution in [3.63, 3.8) is 0 Å². The van der Waals surface area contributed by atoms with E-state index in [1.54, 1.807) is 38.1 Å². The zero-order chi connectivity index (χ0) is 16.0. The van der Waals surface area contributed by atoms with Gasteiger partial charge in [0.15, 0.2) is 0 Å². The van der Waals surface area contributed by atoms with Gasteiger partial charge in [-0.15, -0.1) is 0 Å². The SMILES string of the molecule is CC(C)CNC(=O)C(C)(C)C(=O)Nc1cccc(C#N)c1. The second kappa shape index (κ2) is 6.89. The third-order valence-electron chi connectivity index (χ3n) is 3.06. The summed E-state index contributed by atoms with van der Waals surface area (Å²) in [5, 5.41) is 14.3. The largest absolute Gasteiger partial charge is 0.355 e. The monoisotopic (exact) mass is 287 g/mol. The van der Waals surface area contributed by atoms with E-state index < -0.39 is 11.3 Å². The fourth-order valence-electron chi connectivity index (χ4n) is 1.57. The van der Waals surface area contributed by atoms with E-state index in [9.17, 15) is 9.59 Å². The van der Waals surface area contributed by atoms with E-state index in [-0.39, 0.29) is 5.91 Å². The number of nitrogens with zero attached hydrogens (tertiary/aromatic N) is 1. The van der Waals surface area contributed by atoms with Crippen molar-refractivity contribution in [1.82, 2.24) is 5.32 Å². The molecule has 2 N–H and O–H groups in total. The normalized spacial score (nSPS) is 10.9. The van der Waals surface area contributed by atoms with Crippen molar-refractivity contribution in [2.24, 2.45) is 11.3 Å². The highest BCUT2D eigenvalue weighted by molar-refractivity contribution is 6.09. The number of nitriles is 1. The minimum absolute atomic E-state index is 0.315. The van der Waals surface area contributed by atoms with Crippen molar-refractivity contribution >= 4 is 17.5 Å². The van der Waals surface area contributed by atoms with Gasteiger partial charge in [0.1, 0.15) is 5.41 Å². The molecule has 1 aromatic carbocycles. The van der Waals surface area contributed by atoms with E-state index in [0.29, 0.717) is 23.7 Å². The molecule has 0 atom stereocenters. The van der Waals surface area contributed by atoms with Crippen LogP contribution in [0.15, 0.2) is 24.3 Å². The molecule has 1 rings (SSSR count). The van der Waals surface area contributed by atoms with E-state index >= 15 is 0 Å². The summed E-state index contributed by atoms with van der Waals surface area (Å²) < 4.78 is 0. The van der Waals surface area contributed by atoms with Crippen molar-refractivity contribution in [2.45, 2.75) is 27.7 Å². The number of anilines is 1. The fourth-order valence-corrected chi connectivity index (χ4v) is 1.57. The molecule has 0 bridgehead atoms. The van der Waals surface area contributed by atoms with Crippen molar-refractivity contribution in [1.29, 1.82) is 5.26 Å². The molecule has 112 valence electrons. The molecule has 0 aliphatic carbocycles. The van der Waals surface area contributed by atoms with Gasteiger partial charge >= 0.3 is 0 Å². The first kappa shape index (κ1) is 16.7. The fraction of sp³-hybridized carbons (Fsp3) is 0.438. The molecule has 0 saturated heterocycles. The Morgan fingerprint density at radius 2 is 1.95 bits per heavy atom. The van der Waals surface area contributed by atoms with Crippen LogP contribution in [0.4, 0.5) is 5.69 Å². The van der Waals surface area contributed by atoms with E-state index in [0.717, 1.165) is 0 Å². The molecule has 0 saturated carbocycles. The first-order chi connectivity index (χ1) is 9.77. The summed E-state index contributed by atoms with van der Waals surface area (Å²) in [6, 6.07) is 8.58. The Morgan fingerprint density at radius 1 is 1.29 bits per heavy atom. The van der Waals surface area contributed by atoms with E-state index in [2.05, 4.69) is 10.6 Å². The third-order valence-corrected chi connectivity index (χ3v) is 3.06. The number of amides is 2. The van der Waals surface area contributed by atoms with Crippen LogP contribution in [0, 0.1) is 22.7 Å². The summed E-state index contributed by atoms with van der Waals surface area (Å²) in [4.78, 5) is 24.4. The average Bonchev–Trinajstić information content (AvgIpc) is 2.44. The molecular weight excluding hydrogens is 266 g/mol. The Kier molecular flexibility index (Phi) is 5.48. The third kappa shape index (κ3) is 4.60. The predicted molar refractivity (Wildman–Crippen MR) is 81.4 cm³/mol. The maximum absolute atomic E-state index is 12.3. The molecule has 0 spiro atoms. The lowest BCUT2D eigenvalue weighted by atomic mass is 9.90. The van der Waals surface area contributed by atoms with Gasteiger partial charge in [0.2, 0.25) is 11.8 Å². The number of benzene rings is 1. The molecule has 0 fully saturated rings. The second-order valence-electron chi connectivity index (χ2n) is 5.88. The molecule has 2 amide bonds. The highest BCUT2D eigenvalue weighted by atomic mass is 16.2. The first-order valence-electron chi connectivity index (χ1n) is 6.87. The van der Waals surface area contributed by atoms with Crippen LogP contribution in [0.5, 0.6) is 0 Å². The maximum Gasteiger partial charge on any atom is 0.239 e. The van der Waals surface area contributed by atoms with Crippen LogP contribution in [-0.2, 0) is 9.59 Å². The second-order valence-corrected chi connectivity index (χ2v) is 5.88. The van der Waals surface area contributed by atoms with E-state index in [4.69, 9.17) is 5.26 Å². The summed E-state index contributed by atoms with van der Waals surface area (Å²) in [6.45, 7) is 7.65. The van der Waals surface area contributed by atoms with Gasteiger partial charge in [-0.25, -0.2) is 0 Å². The summed E-state index contributed by atoms with van der Waals surface area (Å²) >= 11 is 0. The lowest BCUT2D eigenvalue weighted by molar-refractivity contribution is -0.138. The standard InChI is InChI=1S/C16H21N3O2/c1-11(2)10-18-14(20)16(3,4)15(21)19-13-7-5-6-12(8-13)9-17/h5-8,11H,10H2,1-4H3,(H,18,20)(H,19,21). The molecule has 5 heteroatoms. The van der Waals surface area contributed by atoms with Crippen LogP contribution in [0.25, 0.3) is 0 Å². The minimum Gasteiger partial charge on any atom is -0.355 e. The molecule has 0 radical (unpaired) electrons. The first-order valence-corrected chi connectivity index (χ1v) is 6.87. The van der Waals surface area contributed by atoms with Gasteiger partial charge in [-0.2, -0.15) is 5.26 Å². The van der Waals surface area contributed by atoms with Gasteiger partial charge in [0.25, 0.3) is 0 Å². The van der Waals surface area contributed by atoms with Crippen LogP contribution < -0.4 is 10.6 Å². The molecule has 21 heavy (non-hydrogen) atoms. The molecule has 5 nitrogen and oxygen atoms in total. The van der Waals surface area contributed by atoms with Crippen molar-refractivity contribution < 1.29 is 9.59 Å². The average molecular weight is 287 g/mol. The number of nitrogens with one attached hydrogen (secondary N) is 2. The van der Waals surface area contributed by atoms with Gasteiger partial charge in [0.05, 0.1) is 11.6 Å². The van der Waals surface area contributed by atoms with Crippen LogP contribution in [0.1, 0.15) is 33.3 Å². The smallest absolute Gasteiger partial charge is 0.239 e. The lowest BCUT2D eigenvalue weighted by Crippen LogP contribution is -2.46. The van der Waals surface area contributed by atoms with Crippen LogP contribution in [0.2, 0.25) is 0 Å². The van der Waals surface area contributed by atoms with Crippen LogP contribution in [-0.4, -0.2) is 18.4 Å². The summed E-state index contributed by atoms with van der Waals surface area (Å²) in [6.07, 6.45) is 0. The lowest BCUT2D eigenvalue weighted by Gasteiger charge is -2.23. The zero-order valence-electron chi connectivity index (χ0n) is 12.9. The Bertz CT molecular complexity index is 571. The molecule has 0 heterocycles. The zero-order valence-corrected chi connectivity index (χ0v) is 12.9. The summed E-state index contributed by atoms with van der Waals surface area (Å²) in [5.74, 6) is -0.399. The number of carbonyl (C=O) groups is 2. The molecule has 0 aliphatic heterocycles. The Labute approximate surface area is 125 Å². The van der Waals surface area contributed by atoms with Crippen LogP contribution >= 0.6 is 0 Å². The molecule has 0 aliphatic rings. The topological polar surface area (TPSA) is 82.0 Å². The molecular formula is C16H21N3O2. The maximum atomic E-state index is 12.3. The highest BCUT2D eigenvalue weighted by Gasteiger charge is 2.35. The van der Waals surface area contributed by atoms with E-state index in [1.807, 2.05) is 19.9 Å². The van der Waals surface area contributed by atoms with Gasteiger partial charge < -0.3 is 10.6 Å². The van der Waals surface area contributed by atoms with E-state index in [1.165, 1.54) is 0 Å². The Morgan fingerprint density at radius 3 is 2.52 bits per heavy atom. The number of rotatable bonds is 5.